The maximum absolute atomic E-state index is 13.1. The Bertz CT molecular complexity index is 788. The Labute approximate surface area is 158 Å². The molecule has 0 aliphatic heterocycles. The number of carbonyl (C=O) groups excluding carboxylic acids is 1. The predicted octanol–water partition coefficient (Wildman–Crippen LogP) is 2.27. The fourth-order valence-electron chi connectivity index (χ4n) is 2.54. The summed E-state index contributed by atoms with van der Waals surface area (Å²) in [5.74, 6) is -1.65. The highest BCUT2D eigenvalue weighted by molar-refractivity contribution is 5.79. The van der Waals surface area contributed by atoms with E-state index in [9.17, 15) is 28.0 Å². The van der Waals surface area contributed by atoms with E-state index in [0.717, 1.165) is 0 Å². The van der Waals surface area contributed by atoms with Gasteiger partial charge in [0.25, 0.3) is 5.91 Å². The maximum atomic E-state index is 13.1. The Kier molecular flexibility index (Phi) is 7.59. The van der Waals surface area contributed by atoms with Crippen LogP contribution in [0.4, 0.5) is 13.2 Å². The molecule has 0 radical (unpaired) electrons. The van der Waals surface area contributed by atoms with Crippen LogP contribution in [0.25, 0.3) is 11.1 Å². The van der Waals surface area contributed by atoms with Crippen molar-refractivity contribution in [3.05, 3.63) is 58.8 Å². The van der Waals surface area contributed by atoms with E-state index >= 15 is 0 Å². The van der Waals surface area contributed by atoms with Crippen LogP contribution < -0.4 is 11.1 Å². The summed E-state index contributed by atoms with van der Waals surface area (Å²) < 4.78 is 37.7. The number of nitroso groups, excluding NO2 is 1. The van der Waals surface area contributed by atoms with E-state index in [1.54, 1.807) is 29.6 Å². The zero-order valence-electron chi connectivity index (χ0n) is 14.6. The third kappa shape index (κ3) is 5.11. The minimum absolute atomic E-state index is 0.0419. The Balaban J connectivity index is 2.13. The summed E-state index contributed by atoms with van der Waals surface area (Å²) >= 11 is 0. The lowest BCUT2D eigenvalue weighted by Gasteiger charge is -2.22. The lowest BCUT2D eigenvalue weighted by molar-refractivity contribution is -0.133. The molecule has 0 fully saturated rings. The average Bonchev–Trinajstić information content (AvgIpc) is 2.72. The predicted molar refractivity (Wildman–Crippen MR) is 96.1 cm³/mol. The molecule has 10 heteroatoms. The highest BCUT2D eigenvalue weighted by atomic mass is 19.3. The van der Waals surface area contributed by atoms with Gasteiger partial charge in [-0.2, -0.15) is 13.7 Å². The van der Waals surface area contributed by atoms with Gasteiger partial charge < -0.3 is 16.2 Å². The summed E-state index contributed by atoms with van der Waals surface area (Å²) in [5, 5.41) is 14.8. The van der Waals surface area contributed by atoms with Gasteiger partial charge in [-0.15, -0.1) is 0 Å². The van der Waals surface area contributed by atoms with Gasteiger partial charge in [0.2, 0.25) is 0 Å². The summed E-state index contributed by atoms with van der Waals surface area (Å²) in [4.78, 5) is 25.9. The van der Waals surface area contributed by atoms with E-state index < -0.39 is 37.2 Å². The molecule has 4 N–H and O–H groups in total. The fourth-order valence-corrected chi connectivity index (χ4v) is 2.54. The number of aliphatic hydroxyl groups excluding tert-OH is 1. The lowest BCUT2D eigenvalue weighted by Crippen LogP contribution is -2.43. The van der Waals surface area contributed by atoms with E-state index in [4.69, 9.17) is 5.73 Å². The number of carbonyl (C=O) groups is 1. The summed E-state index contributed by atoms with van der Waals surface area (Å²) in [6.45, 7) is -1.17. The van der Waals surface area contributed by atoms with E-state index in [0.29, 0.717) is 16.8 Å². The molecule has 2 aromatic rings. The highest BCUT2D eigenvalue weighted by Crippen LogP contribution is 2.24. The van der Waals surface area contributed by atoms with Gasteiger partial charge in [-0.1, -0.05) is 35.5 Å². The average molecular weight is 396 g/mol. The third-order valence-electron chi connectivity index (χ3n) is 4.14. The van der Waals surface area contributed by atoms with Crippen molar-refractivity contribution in [1.29, 1.82) is 0 Å². The first-order valence-electron chi connectivity index (χ1n) is 8.32. The minimum Gasteiger partial charge on any atom is -0.386 e. The molecule has 0 saturated heterocycles. The summed E-state index contributed by atoms with van der Waals surface area (Å²) in [7, 11) is 0. The molecule has 1 aromatic carbocycles. The molecular weight excluding hydrogens is 377 g/mol. The number of pyridine rings is 1. The number of benzene rings is 1. The molecule has 3 unspecified atom stereocenters. The number of rotatable bonds is 9. The number of hydrogen-bond donors (Lipinski definition) is 3. The van der Waals surface area contributed by atoms with E-state index in [1.165, 1.54) is 18.3 Å². The van der Waals surface area contributed by atoms with E-state index in [-0.39, 0.29) is 12.1 Å². The van der Waals surface area contributed by atoms with Crippen molar-refractivity contribution < 1.29 is 23.1 Å². The van der Waals surface area contributed by atoms with Crippen LogP contribution in [-0.4, -0.2) is 41.7 Å². The number of nitrogens with zero attached hydrogens (tertiary/aromatic N) is 2. The highest BCUT2D eigenvalue weighted by Gasteiger charge is 2.26. The first-order valence-corrected chi connectivity index (χ1v) is 8.32. The molecule has 0 aliphatic rings. The smallest absolute Gasteiger partial charge is 0.315 e. The zero-order chi connectivity index (χ0) is 20.7. The summed E-state index contributed by atoms with van der Waals surface area (Å²) in [5.41, 5.74) is 7.55. The molecule has 0 saturated carbocycles. The van der Waals surface area contributed by atoms with Gasteiger partial charge >= 0.3 is 6.43 Å². The zero-order valence-corrected chi connectivity index (χ0v) is 14.6. The molecule has 0 aliphatic carbocycles. The van der Waals surface area contributed by atoms with Crippen molar-refractivity contribution in [2.75, 3.05) is 13.2 Å². The van der Waals surface area contributed by atoms with Crippen molar-refractivity contribution in [2.45, 2.75) is 24.6 Å². The molecule has 28 heavy (non-hydrogen) atoms. The van der Waals surface area contributed by atoms with Crippen LogP contribution in [0.1, 0.15) is 23.4 Å². The summed E-state index contributed by atoms with van der Waals surface area (Å²) in [6.07, 6.45) is -3.26. The van der Waals surface area contributed by atoms with Gasteiger partial charge in [-0.05, 0) is 17.2 Å². The molecule has 3 atom stereocenters. The Hall–Kier alpha value is -2.85. The summed E-state index contributed by atoms with van der Waals surface area (Å²) in [6, 6.07) is 7.34. The molecule has 7 nitrogen and oxygen atoms in total. The molecule has 1 amide bonds. The van der Waals surface area contributed by atoms with Crippen LogP contribution in [0.5, 0.6) is 0 Å². The standard InChI is InChI=1S/C18H19F3N4O3/c19-7-14(24-18(27)17(20)21)16(26)11-3-1-10(2-4-11)12-5-6-13(23-9-12)15(8-22)25-28/h1-6,9,14-17,26H,7-8,22H2,(H,24,27). The topological polar surface area (TPSA) is 118 Å². The van der Waals surface area contributed by atoms with Crippen molar-refractivity contribution >= 4 is 5.91 Å². The molecule has 1 heterocycles. The number of amides is 1. The van der Waals surface area contributed by atoms with Gasteiger partial charge in [-0.3, -0.25) is 9.78 Å². The van der Waals surface area contributed by atoms with Crippen LogP contribution in [0, 0.1) is 4.91 Å². The number of aliphatic hydroxyl groups is 1. The van der Waals surface area contributed by atoms with Crippen LogP contribution in [0.2, 0.25) is 0 Å². The van der Waals surface area contributed by atoms with E-state index in [1.807, 2.05) is 0 Å². The number of nitrogens with two attached hydrogens (primary N) is 1. The van der Waals surface area contributed by atoms with Crippen LogP contribution in [-0.2, 0) is 4.79 Å². The number of alkyl halides is 3. The van der Waals surface area contributed by atoms with Gasteiger partial charge in [0.05, 0.1) is 11.7 Å². The number of nitrogens with one attached hydrogen (secondary N) is 1. The number of halogens is 3. The molecule has 0 bridgehead atoms. The molecule has 150 valence electrons. The van der Waals surface area contributed by atoms with E-state index in [2.05, 4.69) is 10.2 Å². The van der Waals surface area contributed by atoms with Crippen molar-refractivity contribution in [3.8, 4) is 11.1 Å². The largest absolute Gasteiger partial charge is 0.386 e. The fraction of sp³-hybridized carbons (Fsp3) is 0.333. The quantitative estimate of drug-likeness (QED) is 0.562. The van der Waals surface area contributed by atoms with Crippen molar-refractivity contribution in [1.82, 2.24) is 10.3 Å². The first-order chi connectivity index (χ1) is 13.4. The Morgan fingerprint density at radius 2 is 1.82 bits per heavy atom. The number of aromatic nitrogens is 1. The molecule has 1 aromatic heterocycles. The second kappa shape index (κ2) is 9.90. The van der Waals surface area contributed by atoms with Gasteiger partial charge in [0, 0.05) is 18.3 Å². The van der Waals surface area contributed by atoms with Crippen molar-refractivity contribution in [3.63, 3.8) is 0 Å². The lowest BCUT2D eigenvalue weighted by atomic mass is 9.99. The van der Waals surface area contributed by atoms with Gasteiger partial charge in [0.15, 0.2) is 0 Å². The molecule has 0 spiro atoms. The monoisotopic (exact) mass is 396 g/mol. The minimum atomic E-state index is -3.30. The van der Waals surface area contributed by atoms with Crippen molar-refractivity contribution in [2.24, 2.45) is 10.9 Å². The van der Waals surface area contributed by atoms with Crippen LogP contribution in [0.3, 0.4) is 0 Å². The van der Waals surface area contributed by atoms with Gasteiger partial charge in [-0.25, -0.2) is 4.39 Å². The Morgan fingerprint density at radius 3 is 2.29 bits per heavy atom. The van der Waals surface area contributed by atoms with Crippen LogP contribution >= 0.6 is 0 Å². The molecule has 2 rings (SSSR count). The molecular formula is C18H19F3N4O3. The van der Waals surface area contributed by atoms with Crippen LogP contribution in [0.15, 0.2) is 47.8 Å². The first kappa shape index (κ1) is 21.5. The number of hydrogen-bond acceptors (Lipinski definition) is 6. The maximum Gasteiger partial charge on any atom is 0.315 e. The normalized spacial score (nSPS) is 14.4. The van der Waals surface area contributed by atoms with Gasteiger partial charge in [0.1, 0.15) is 18.8 Å². The SMILES string of the molecule is NCC(N=O)c1ccc(-c2ccc(C(O)C(CF)NC(=O)C(F)F)cc2)cn1. The second-order valence-corrected chi connectivity index (χ2v) is 5.97. The second-order valence-electron chi connectivity index (χ2n) is 5.97. The Morgan fingerprint density at radius 1 is 1.18 bits per heavy atom. The third-order valence-corrected chi connectivity index (χ3v) is 4.14.